The largest absolute Gasteiger partial charge is 0.504 e. The van der Waals surface area contributed by atoms with E-state index in [1.807, 2.05) is 11.3 Å². The minimum Gasteiger partial charge on any atom is -0.504 e. The molecule has 2 heterocycles. The van der Waals surface area contributed by atoms with Crippen molar-refractivity contribution < 1.29 is 10.2 Å². The summed E-state index contributed by atoms with van der Waals surface area (Å²) in [4.78, 5) is 2.83. The van der Waals surface area contributed by atoms with Gasteiger partial charge in [-0.25, -0.2) is 0 Å². The molecule has 4 rings (SSSR count). The second-order valence-electron chi connectivity index (χ2n) is 6.17. The summed E-state index contributed by atoms with van der Waals surface area (Å²) in [6.07, 6.45) is 2.04. The first-order valence-corrected chi connectivity index (χ1v) is 8.24. The van der Waals surface area contributed by atoms with E-state index in [4.69, 9.17) is 0 Å². The zero-order valence-electron chi connectivity index (χ0n) is 12.6. The summed E-state index contributed by atoms with van der Waals surface area (Å²) in [7, 11) is 0. The zero-order chi connectivity index (χ0) is 14.7. The Morgan fingerprint density at radius 2 is 1.91 bits per heavy atom. The fourth-order valence-corrected chi connectivity index (χ4v) is 5.16. The van der Waals surface area contributed by atoms with Gasteiger partial charge in [0.05, 0.1) is 0 Å². The number of hydrogen-bond donors (Lipinski definition) is 3. The summed E-state index contributed by atoms with van der Waals surface area (Å²) < 4.78 is 0. The molecule has 0 saturated carbocycles. The molecule has 1 aliphatic carbocycles. The molecule has 22 heavy (non-hydrogen) atoms. The quantitative estimate of drug-likeness (QED) is 0.606. The minimum absolute atomic E-state index is 0. The van der Waals surface area contributed by atoms with Gasteiger partial charge < -0.3 is 15.5 Å². The van der Waals surface area contributed by atoms with Gasteiger partial charge in [-0.3, -0.25) is 0 Å². The molecule has 0 spiro atoms. The van der Waals surface area contributed by atoms with Gasteiger partial charge in [0, 0.05) is 28.3 Å². The summed E-state index contributed by atoms with van der Waals surface area (Å²) in [5.41, 5.74) is 5.18. The van der Waals surface area contributed by atoms with E-state index < -0.39 is 0 Å². The molecule has 0 fully saturated rings. The maximum atomic E-state index is 9.91. The fourth-order valence-electron chi connectivity index (χ4n) is 3.78. The highest BCUT2D eigenvalue weighted by atomic mass is 79.9. The molecular formula is C17H20BrNO2S. The van der Waals surface area contributed by atoms with Crippen LogP contribution in [0, 0.1) is 13.8 Å². The highest BCUT2D eigenvalue weighted by Gasteiger charge is 2.37. The van der Waals surface area contributed by atoms with Crippen LogP contribution in [0.3, 0.4) is 0 Å². The number of thiophene rings is 1. The van der Waals surface area contributed by atoms with E-state index in [1.54, 1.807) is 12.1 Å². The molecular weight excluding hydrogens is 362 g/mol. The van der Waals surface area contributed by atoms with Gasteiger partial charge in [-0.1, -0.05) is 0 Å². The van der Waals surface area contributed by atoms with Crippen molar-refractivity contribution in [2.45, 2.75) is 45.2 Å². The molecule has 0 unspecified atom stereocenters. The van der Waals surface area contributed by atoms with Crippen LogP contribution >= 0.6 is 28.3 Å². The molecule has 0 saturated heterocycles. The van der Waals surface area contributed by atoms with Crippen LogP contribution in [0.15, 0.2) is 12.1 Å². The van der Waals surface area contributed by atoms with Gasteiger partial charge in [0.2, 0.25) is 0 Å². The van der Waals surface area contributed by atoms with Crippen molar-refractivity contribution in [3.63, 3.8) is 0 Å². The lowest BCUT2D eigenvalue weighted by Gasteiger charge is -2.38. The Morgan fingerprint density at radius 1 is 1.18 bits per heavy atom. The van der Waals surface area contributed by atoms with E-state index in [9.17, 15) is 10.2 Å². The van der Waals surface area contributed by atoms with Gasteiger partial charge in [-0.15, -0.1) is 28.3 Å². The SMILES string of the molecule is Br.Cc1sc2c(c1C)CN[C@H]1CCc3cc(O)c(O)cc3[C@H]21. The number of nitrogens with one attached hydrogen (secondary N) is 1. The Kier molecular flexibility index (Phi) is 4.00. The second kappa shape index (κ2) is 5.55. The van der Waals surface area contributed by atoms with Gasteiger partial charge in [0.1, 0.15) is 0 Å². The van der Waals surface area contributed by atoms with E-state index in [0.717, 1.165) is 19.4 Å². The molecule has 5 heteroatoms. The van der Waals surface area contributed by atoms with E-state index >= 15 is 0 Å². The molecule has 118 valence electrons. The predicted molar refractivity (Wildman–Crippen MR) is 94.7 cm³/mol. The van der Waals surface area contributed by atoms with Crippen molar-refractivity contribution >= 4 is 28.3 Å². The van der Waals surface area contributed by atoms with E-state index in [2.05, 4.69) is 19.2 Å². The predicted octanol–water partition coefficient (Wildman–Crippen LogP) is 3.90. The molecule has 0 amide bonds. The van der Waals surface area contributed by atoms with Gasteiger partial charge >= 0.3 is 0 Å². The van der Waals surface area contributed by atoms with E-state index in [0.29, 0.717) is 12.0 Å². The average molecular weight is 382 g/mol. The van der Waals surface area contributed by atoms with Gasteiger partial charge in [0.25, 0.3) is 0 Å². The Balaban J connectivity index is 0.00000144. The van der Waals surface area contributed by atoms with Crippen molar-refractivity contribution in [1.82, 2.24) is 5.32 Å². The fraction of sp³-hybridized carbons (Fsp3) is 0.412. The van der Waals surface area contributed by atoms with Gasteiger partial charge in [0.15, 0.2) is 11.5 Å². The third-order valence-corrected chi connectivity index (χ3v) is 6.40. The summed E-state index contributed by atoms with van der Waals surface area (Å²) in [6, 6.07) is 3.94. The molecule has 3 nitrogen and oxygen atoms in total. The number of phenols is 2. The van der Waals surface area contributed by atoms with Crippen LogP contribution in [0.4, 0.5) is 0 Å². The monoisotopic (exact) mass is 381 g/mol. The number of benzene rings is 1. The summed E-state index contributed by atoms with van der Waals surface area (Å²) in [5.74, 6) is 0.294. The highest BCUT2D eigenvalue weighted by Crippen LogP contribution is 2.47. The van der Waals surface area contributed by atoms with E-state index in [-0.39, 0.29) is 28.5 Å². The summed E-state index contributed by atoms with van der Waals surface area (Å²) in [6.45, 7) is 5.34. The van der Waals surface area contributed by atoms with Crippen LogP contribution in [-0.4, -0.2) is 16.3 Å². The van der Waals surface area contributed by atoms with Gasteiger partial charge in [-0.2, -0.15) is 0 Å². The van der Waals surface area contributed by atoms with Crippen LogP contribution in [0.5, 0.6) is 11.5 Å². The maximum Gasteiger partial charge on any atom is 0.157 e. The summed E-state index contributed by atoms with van der Waals surface area (Å²) >= 11 is 1.89. The molecule has 1 aliphatic heterocycles. The number of aryl methyl sites for hydroxylation is 2. The first kappa shape index (κ1) is 15.8. The number of phenolic OH excluding ortho intramolecular Hbond substituents is 2. The van der Waals surface area contributed by atoms with Crippen LogP contribution < -0.4 is 5.32 Å². The minimum atomic E-state index is -0.00785. The molecule has 0 bridgehead atoms. The molecule has 1 aromatic carbocycles. The smallest absolute Gasteiger partial charge is 0.157 e. The van der Waals surface area contributed by atoms with Gasteiger partial charge in [-0.05, 0) is 61.1 Å². The third-order valence-electron chi connectivity index (χ3n) is 5.06. The molecule has 2 atom stereocenters. The van der Waals surface area contributed by atoms with Crippen molar-refractivity contribution in [2.75, 3.05) is 0 Å². The number of fused-ring (bicyclic) bond motifs is 5. The van der Waals surface area contributed by atoms with Crippen molar-refractivity contribution in [2.24, 2.45) is 0 Å². The Morgan fingerprint density at radius 3 is 2.68 bits per heavy atom. The highest BCUT2D eigenvalue weighted by molar-refractivity contribution is 8.93. The molecule has 2 aromatic rings. The van der Waals surface area contributed by atoms with Crippen molar-refractivity contribution in [3.05, 3.63) is 44.1 Å². The molecule has 0 radical (unpaired) electrons. The number of hydrogen-bond acceptors (Lipinski definition) is 4. The van der Waals surface area contributed by atoms with Crippen molar-refractivity contribution in [3.8, 4) is 11.5 Å². The normalized spacial score (nSPS) is 22.3. The Bertz CT molecular complexity index is 741. The molecule has 1 aromatic heterocycles. The first-order valence-electron chi connectivity index (χ1n) is 7.43. The maximum absolute atomic E-state index is 9.91. The van der Waals surface area contributed by atoms with Crippen LogP contribution in [0.2, 0.25) is 0 Å². The van der Waals surface area contributed by atoms with Crippen LogP contribution in [-0.2, 0) is 13.0 Å². The number of aromatic hydroxyl groups is 2. The summed E-state index contributed by atoms with van der Waals surface area (Å²) in [5, 5.41) is 23.3. The standard InChI is InChI=1S/C17H19NO2S.BrH/c1-8-9(2)21-17-12(8)7-18-13-4-3-10-5-14(19)15(20)6-11(10)16(13)17;/h5-6,13,16,18-20H,3-4,7H2,1-2H3;1H/t13-,16-;/m0./s1. The number of rotatable bonds is 0. The number of halogens is 1. The van der Waals surface area contributed by atoms with Crippen LogP contribution in [0.25, 0.3) is 0 Å². The Labute approximate surface area is 144 Å². The molecule has 2 aliphatic rings. The zero-order valence-corrected chi connectivity index (χ0v) is 15.2. The van der Waals surface area contributed by atoms with E-state index in [1.165, 1.54) is 32.0 Å². The lowest BCUT2D eigenvalue weighted by molar-refractivity contribution is 0.382. The lowest BCUT2D eigenvalue weighted by atomic mass is 9.75. The van der Waals surface area contributed by atoms with Crippen LogP contribution in [0.1, 0.15) is 44.3 Å². The second-order valence-corrected chi connectivity index (χ2v) is 7.43. The Hall–Kier alpha value is -1.04. The average Bonchev–Trinajstić information content (AvgIpc) is 2.75. The molecule has 3 N–H and O–H groups in total. The first-order chi connectivity index (χ1) is 10.1. The van der Waals surface area contributed by atoms with Crippen molar-refractivity contribution in [1.29, 1.82) is 0 Å². The topological polar surface area (TPSA) is 52.5 Å². The third kappa shape index (κ3) is 2.18. The lowest BCUT2D eigenvalue weighted by Crippen LogP contribution is -2.42.